The molecule has 3 aliphatic rings. The molecule has 0 aliphatic heterocycles. The summed E-state index contributed by atoms with van der Waals surface area (Å²) in [7, 11) is 0. The number of hydrogen-bond acceptors (Lipinski definition) is 4. The molecule has 0 atom stereocenters. The number of carbonyl (C=O) groups is 1. The van der Waals surface area contributed by atoms with Crippen molar-refractivity contribution >= 4 is 6.09 Å². The molecule has 0 radical (unpaired) electrons. The summed E-state index contributed by atoms with van der Waals surface area (Å²) in [6.45, 7) is 6.37. The normalized spacial score (nSPS) is 34.1. The van der Waals surface area contributed by atoms with Gasteiger partial charge in [0.15, 0.2) is 0 Å². The third-order valence-electron chi connectivity index (χ3n) is 6.46. The van der Waals surface area contributed by atoms with E-state index in [1.807, 2.05) is 43.9 Å². The SMILES string of the molecule is CC(C)(C)OC(=O)N(C1CC2(CC(O)C2)C1)[C@H]1C[C@@H](OCc2ccccc2)C1. The van der Waals surface area contributed by atoms with Crippen molar-refractivity contribution in [3.8, 4) is 0 Å². The number of aliphatic hydroxyl groups excluding tert-OH is 1. The quantitative estimate of drug-likeness (QED) is 0.819. The van der Waals surface area contributed by atoms with Crippen LogP contribution in [0.15, 0.2) is 30.3 Å². The van der Waals surface area contributed by atoms with Gasteiger partial charge in [0.1, 0.15) is 5.60 Å². The molecule has 1 aromatic carbocycles. The van der Waals surface area contributed by atoms with Gasteiger partial charge in [-0.05, 0) is 70.3 Å². The standard InChI is InChI=1S/C23H33NO4/c1-22(2,3)28-21(26)24(18-11-23(12-18)13-19(25)14-23)17-9-20(10-17)27-15-16-7-5-4-6-8-16/h4-8,17-20,25H,9-15H2,1-3H3/t17-,18?,19?,20+,23?. The first-order valence-electron chi connectivity index (χ1n) is 10.6. The second-order valence-electron chi connectivity index (χ2n) is 10.1. The smallest absolute Gasteiger partial charge is 0.410 e. The lowest BCUT2D eigenvalue weighted by Gasteiger charge is -2.60. The molecule has 0 saturated heterocycles. The van der Waals surface area contributed by atoms with E-state index in [9.17, 15) is 9.90 Å². The first-order valence-corrected chi connectivity index (χ1v) is 10.6. The van der Waals surface area contributed by atoms with E-state index in [4.69, 9.17) is 9.47 Å². The second-order valence-corrected chi connectivity index (χ2v) is 10.1. The molecule has 0 unspecified atom stereocenters. The molecule has 4 rings (SSSR count). The number of carbonyl (C=O) groups excluding carboxylic acids is 1. The van der Waals surface area contributed by atoms with Crippen LogP contribution in [-0.2, 0) is 16.1 Å². The minimum absolute atomic E-state index is 0.143. The van der Waals surface area contributed by atoms with E-state index in [-0.39, 0.29) is 35.8 Å². The molecule has 1 spiro atoms. The first kappa shape index (κ1) is 19.7. The van der Waals surface area contributed by atoms with Crippen LogP contribution in [0.3, 0.4) is 0 Å². The summed E-state index contributed by atoms with van der Waals surface area (Å²) >= 11 is 0. The lowest BCUT2D eigenvalue weighted by Crippen LogP contribution is -2.64. The molecule has 5 nitrogen and oxygen atoms in total. The fraction of sp³-hybridized carbons (Fsp3) is 0.696. The van der Waals surface area contributed by atoms with Crippen molar-refractivity contribution < 1.29 is 19.4 Å². The van der Waals surface area contributed by atoms with Crippen LogP contribution in [0.1, 0.15) is 64.9 Å². The maximum absolute atomic E-state index is 12.9. The Balaban J connectivity index is 1.32. The summed E-state index contributed by atoms with van der Waals surface area (Å²) in [6, 6.07) is 10.6. The van der Waals surface area contributed by atoms with Crippen LogP contribution in [0.25, 0.3) is 0 Å². The molecule has 3 saturated carbocycles. The summed E-state index contributed by atoms with van der Waals surface area (Å²) < 4.78 is 11.7. The van der Waals surface area contributed by atoms with Crippen LogP contribution in [0.2, 0.25) is 0 Å². The molecule has 28 heavy (non-hydrogen) atoms. The summed E-state index contributed by atoms with van der Waals surface area (Å²) in [5.41, 5.74) is 0.965. The van der Waals surface area contributed by atoms with Crippen molar-refractivity contribution in [3.63, 3.8) is 0 Å². The van der Waals surface area contributed by atoms with E-state index in [1.54, 1.807) is 0 Å². The monoisotopic (exact) mass is 387 g/mol. The van der Waals surface area contributed by atoms with E-state index < -0.39 is 5.60 Å². The Morgan fingerprint density at radius 2 is 1.75 bits per heavy atom. The average molecular weight is 388 g/mol. The third kappa shape index (κ3) is 4.20. The zero-order valence-electron chi connectivity index (χ0n) is 17.3. The van der Waals surface area contributed by atoms with Gasteiger partial charge in [0, 0.05) is 12.1 Å². The Morgan fingerprint density at radius 1 is 1.11 bits per heavy atom. The van der Waals surface area contributed by atoms with Gasteiger partial charge in [0.05, 0.1) is 18.8 Å². The summed E-state index contributed by atoms with van der Waals surface area (Å²) in [5, 5.41) is 9.67. The highest BCUT2D eigenvalue weighted by Gasteiger charge is 2.56. The number of amides is 1. The molecule has 5 heteroatoms. The zero-order chi connectivity index (χ0) is 19.9. The number of hydrogen-bond donors (Lipinski definition) is 1. The van der Waals surface area contributed by atoms with E-state index >= 15 is 0 Å². The minimum Gasteiger partial charge on any atom is -0.444 e. The van der Waals surface area contributed by atoms with Gasteiger partial charge in [-0.15, -0.1) is 0 Å². The molecule has 3 aliphatic carbocycles. The van der Waals surface area contributed by atoms with E-state index in [1.165, 1.54) is 5.56 Å². The van der Waals surface area contributed by atoms with Crippen molar-refractivity contribution in [1.29, 1.82) is 0 Å². The average Bonchev–Trinajstić information content (AvgIpc) is 2.51. The topological polar surface area (TPSA) is 59.0 Å². The van der Waals surface area contributed by atoms with Crippen LogP contribution in [0.4, 0.5) is 4.79 Å². The second kappa shape index (κ2) is 7.34. The maximum atomic E-state index is 12.9. The van der Waals surface area contributed by atoms with Crippen LogP contribution in [0, 0.1) is 5.41 Å². The Hall–Kier alpha value is -1.59. The molecule has 154 valence electrons. The molecule has 3 fully saturated rings. The predicted octanol–water partition coefficient (Wildman–Crippen LogP) is 4.27. The maximum Gasteiger partial charge on any atom is 0.410 e. The molecule has 0 bridgehead atoms. The molecular formula is C23H33NO4. The Bertz CT molecular complexity index is 678. The van der Waals surface area contributed by atoms with Gasteiger partial charge in [0.2, 0.25) is 0 Å². The Kier molecular flexibility index (Phi) is 5.17. The van der Waals surface area contributed by atoms with Gasteiger partial charge < -0.3 is 19.5 Å². The van der Waals surface area contributed by atoms with E-state index in [0.717, 1.165) is 38.5 Å². The highest BCUT2D eigenvalue weighted by atomic mass is 16.6. The Labute approximate surface area is 168 Å². The van der Waals surface area contributed by atoms with Crippen molar-refractivity contribution in [2.45, 2.75) is 95.8 Å². The highest BCUT2D eigenvalue weighted by Crippen LogP contribution is 2.58. The molecule has 0 aromatic heterocycles. The van der Waals surface area contributed by atoms with Crippen molar-refractivity contribution in [2.24, 2.45) is 5.41 Å². The van der Waals surface area contributed by atoms with E-state index in [0.29, 0.717) is 6.61 Å². The van der Waals surface area contributed by atoms with Crippen LogP contribution in [-0.4, -0.2) is 46.0 Å². The van der Waals surface area contributed by atoms with Crippen LogP contribution < -0.4 is 0 Å². The van der Waals surface area contributed by atoms with Gasteiger partial charge in [-0.3, -0.25) is 0 Å². The molecule has 1 amide bonds. The summed E-state index contributed by atoms with van der Waals surface area (Å²) in [4.78, 5) is 14.9. The fourth-order valence-electron chi connectivity index (χ4n) is 5.01. The lowest BCUT2D eigenvalue weighted by molar-refractivity contribution is -0.143. The largest absolute Gasteiger partial charge is 0.444 e. The highest BCUT2D eigenvalue weighted by molar-refractivity contribution is 5.69. The van der Waals surface area contributed by atoms with Crippen molar-refractivity contribution in [2.75, 3.05) is 0 Å². The molecule has 0 heterocycles. The van der Waals surface area contributed by atoms with Crippen molar-refractivity contribution in [1.82, 2.24) is 4.90 Å². The zero-order valence-corrected chi connectivity index (χ0v) is 17.3. The summed E-state index contributed by atoms with van der Waals surface area (Å²) in [5.74, 6) is 0. The Morgan fingerprint density at radius 3 is 2.32 bits per heavy atom. The summed E-state index contributed by atoms with van der Waals surface area (Å²) in [6.07, 6.45) is 5.38. The number of benzene rings is 1. The fourth-order valence-corrected chi connectivity index (χ4v) is 5.01. The number of aliphatic hydroxyl groups is 1. The third-order valence-corrected chi connectivity index (χ3v) is 6.46. The molecule has 1 N–H and O–H groups in total. The van der Waals surface area contributed by atoms with Gasteiger partial charge in [-0.2, -0.15) is 0 Å². The van der Waals surface area contributed by atoms with Crippen molar-refractivity contribution in [3.05, 3.63) is 35.9 Å². The predicted molar refractivity (Wildman–Crippen MR) is 107 cm³/mol. The molecular weight excluding hydrogens is 354 g/mol. The number of ether oxygens (including phenoxy) is 2. The van der Waals surface area contributed by atoms with E-state index in [2.05, 4.69) is 12.1 Å². The van der Waals surface area contributed by atoms with Gasteiger partial charge >= 0.3 is 6.09 Å². The number of nitrogens with zero attached hydrogens (tertiary/aromatic N) is 1. The van der Waals surface area contributed by atoms with Gasteiger partial charge in [-0.25, -0.2) is 4.79 Å². The number of rotatable bonds is 5. The minimum atomic E-state index is -0.490. The molecule has 1 aromatic rings. The van der Waals surface area contributed by atoms with Gasteiger partial charge in [-0.1, -0.05) is 30.3 Å². The first-order chi connectivity index (χ1) is 13.2. The van der Waals surface area contributed by atoms with Crippen LogP contribution in [0.5, 0.6) is 0 Å². The van der Waals surface area contributed by atoms with Crippen LogP contribution >= 0.6 is 0 Å². The lowest BCUT2D eigenvalue weighted by atomic mass is 9.52. The van der Waals surface area contributed by atoms with Gasteiger partial charge in [0.25, 0.3) is 0 Å².